The van der Waals surface area contributed by atoms with E-state index in [4.69, 9.17) is 4.98 Å². The second-order valence-corrected chi connectivity index (χ2v) is 5.03. The summed E-state index contributed by atoms with van der Waals surface area (Å²) >= 11 is 1.85. The molecule has 0 saturated carbocycles. The molecule has 3 rings (SSSR count). The first-order valence-electron chi connectivity index (χ1n) is 5.42. The molecule has 1 aromatic carbocycles. The number of nitrogens with zero attached hydrogens (tertiary/aromatic N) is 2. The third kappa shape index (κ3) is 1.77. The fourth-order valence-corrected chi connectivity index (χ4v) is 3.20. The highest BCUT2D eigenvalue weighted by molar-refractivity contribution is 7.18. The van der Waals surface area contributed by atoms with Gasteiger partial charge < -0.3 is 0 Å². The van der Waals surface area contributed by atoms with Crippen molar-refractivity contribution in [2.75, 3.05) is 13.1 Å². The minimum atomic E-state index is 0.653. The van der Waals surface area contributed by atoms with Gasteiger partial charge in [-0.05, 0) is 25.0 Å². The van der Waals surface area contributed by atoms with Gasteiger partial charge in [0.05, 0.1) is 15.2 Å². The summed E-state index contributed by atoms with van der Waals surface area (Å²) in [5.74, 6) is 0.653. The normalized spacial score (nSPS) is 18.4. The van der Waals surface area contributed by atoms with Crippen LogP contribution in [-0.2, 0) is 0 Å². The zero-order valence-corrected chi connectivity index (χ0v) is 9.33. The lowest BCUT2D eigenvalue weighted by Crippen LogP contribution is -2.20. The molecule has 1 fully saturated rings. The van der Waals surface area contributed by atoms with E-state index in [0.29, 0.717) is 5.92 Å². The fraction of sp³-hybridized carbons (Fsp3) is 0.417. The van der Waals surface area contributed by atoms with E-state index in [2.05, 4.69) is 29.6 Å². The number of fused-ring (bicyclic) bond motifs is 1. The summed E-state index contributed by atoms with van der Waals surface area (Å²) < 4.78 is 1.31. The zero-order chi connectivity index (χ0) is 10.1. The molecule has 0 unspecified atom stereocenters. The van der Waals surface area contributed by atoms with E-state index in [1.807, 2.05) is 11.3 Å². The Hall–Kier alpha value is -0.930. The van der Waals surface area contributed by atoms with E-state index in [0.717, 1.165) is 18.6 Å². The van der Waals surface area contributed by atoms with Crippen molar-refractivity contribution in [2.45, 2.75) is 18.8 Å². The largest absolute Gasteiger partial charge is 0.242 e. The monoisotopic (exact) mass is 217 g/mol. The molecule has 2 aromatic rings. The number of benzene rings is 1. The second-order valence-electron chi connectivity index (χ2n) is 3.96. The lowest BCUT2D eigenvalue weighted by molar-refractivity contribution is 0.453. The fourth-order valence-electron chi connectivity index (χ4n) is 2.06. The Balaban J connectivity index is 1.96. The number of para-hydroxylation sites is 1. The van der Waals surface area contributed by atoms with Crippen LogP contribution in [0.5, 0.6) is 0 Å². The van der Waals surface area contributed by atoms with Crippen LogP contribution >= 0.6 is 11.3 Å². The van der Waals surface area contributed by atoms with Crippen LogP contribution < -0.4 is 5.32 Å². The Kier molecular flexibility index (Phi) is 2.43. The molecule has 1 aliphatic heterocycles. The Morgan fingerprint density at radius 2 is 1.93 bits per heavy atom. The van der Waals surface area contributed by atoms with Crippen molar-refractivity contribution in [1.82, 2.24) is 10.3 Å². The van der Waals surface area contributed by atoms with Crippen molar-refractivity contribution in [3.8, 4) is 0 Å². The van der Waals surface area contributed by atoms with E-state index < -0.39 is 0 Å². The van der Waals surface area contributed by atoms with E-state index in [1.165, 1.54) is 22.5 Å². The summed E-state index contributed by atoms with van der Waals surface area (Å²) in [7, 11) is 0. The zero-order valence-electron chi connectivity index (χ0n) is 8.52. The predicted octanol–water partition coefficient (Wildman–Crippen LogP) is 2.78. The van der Waals surface area contributed by atoms with Crippen LogP contribution in [0.25, 0.3) is 10.2 Å². The molecule has 15 heavy (non-hydrogen) atoms. The average Bonchev–Trinajstić information content (AvgIpc) is 2.74. The van der Waals surface area contributed by atoms with E-state index >= 15 is 0 Å². The van der Waals surface area contributed by atoms with Crippen molar-refractivity contribution >= 4 is 21.6 Å². The van der Waals surface area contributed by atoms with Gasteiger partial charge in [-0.25, -0.2) is 10.3 Å². The number of aromatic nitrogens is 1. The molecule has 0 bridgehead atoms. The van der Waals surface area contributed by atoms with Crippen LogP contribution in [0.15, 0.2) is 24.3 Å². The predicted molar refractivity (Wildman–Crippen MR) is 63.5 cm³/mol. The van der Waals surface area contributed by atoms with E-state index in [-0.39, 0.29) is 0 Å². The first-order chi connectivity index (χ1) is 7.43. The van der Waals surface area contributed by atoms with Crippen LogP contribution in [-0.4, -0.2) is 18.1 Å². The first kappa shape index (κ1) is 9.31. The molecule has 2 nitrogen and oxygen atoms in total. The van der Waals surface area contributed by atoms with Gasteiger partial charge in [-0.3, -0.25) is 0 Å². The van der Waals surface area contributed by atoms with Crippen LogP contribution in [0.4, 0.5) is 0 Å². The first-order valence-corrected chi connectivity index (χ1v) is 6.24. The Morgan fingerprint density at radius 1 is 1.13 bits per heavy atom. The van der Waals surface area contributed by atoms with Crippen LogP contribution in [0, 0.1) is 0 Å². The summed E-state index contributed by atoms with van der Waals surface area (Å²) in [4.78, 5) is 4.71. The minimum absolute atomic E-state index is 0.653. The standard InChI is InChI=1S/C12H13N2S/c1-2-4-11-10(3-1)14-12(15-11)9-5-7-13-8-6-9/h1-4,9H,5-8H2. The van der Waals surface area contributed by atoms with Crippen molar-refractivity contribution in [3.63, 3.8) is 0 Å². The maximum atomic E-state index is 4.71. The van der Waals surface area contributed by atoms with Crippen LogP contribution in [0.2, 0.25) is 0 Å². The van der Waals surface area contributed by atoms with Gasteiger partial charge in [-0.1, -0.05) is 12.1 Å². The van der Waals surface area contributed by atoms with Gasteiger partial charge in [0.2, 0.25) is 0 Å². The minimum Gasteiger partial charge on any atom is -0.242 e. The van der Waals surface area contributed by atoms with Gasteiger partial charge in [-0.2, -0.15) is 0 Å². The van der Waals surface area contributed by atoms with Crippen LogP contribution in [0.3, 0.4) is 0 Å². The number of hydrogen-bond donors (Lipinski definition) is 0. The molecule has 0 amide bonds. The number of thiazole rings is 1. The summed E-state index contributed by atoms with van der Waals surface area (Å²) in [6, 6.07) is 8.40. The molecule has 0 spiro atoms. The maximum Gasteiger partial charge on any atom is 0.0970 e. The molecule has 0 aliphatic carbocycles. The van der Waals surface area contributed by atoms with Gasteiger partial charge in [0, 0.05) is 19.0 Å². The molecule has 0 N–H and O–H groups in total. The van der Waals surface area contributed by atoms with E-state index in [9.17, 15) is 0 Å². The number of piperidine rings is 1. The topological polar surface area (TPSA) is 27.0 Å². The molecule has 1 aliphatic rings. The molecule has 1 radical (unpaired) electrons. The molecular weight excluding hydrogens is 204 g/mol. The van der Waals surface area contributed by atoms with Crippen molar-refractivity contribution in [2.24, 2.45) is 0 Å². The molecular formula is C12H13N2S. The summed E-state index contributed by atoms with van der Waals surface area (Å²) in [6.45, 7) is 2.03. The van der Waals surface area contributed by atoms with Crippen molar-refractivity contribution in [1.29, 1.82) is 0 Å². The molecule has 3 heteroatoms. The smallest absolute Gasteiger partial charge is 0.0970 e. The highest BCUT2D eigenvalue weighted by atomic mass is 32.1. The highest BCUT2D eigenvalue weighted by Gasteiger charge is 2.19. The summed E-state index contributed by atoms with van der Waals surface area (Å²) in [5, 5.41) is 5.69. The summed E-state index contributed by atoms with van der Waals surface area (Å²) in [5.41, 5.74) is 1.15. The second kappa shape index (κ2) is 3.91. The van der Waals surface area contributed by atoms with Gasteiger partial charge in [-0.15, -0.1) is 11.3 Å². The van der Waals surface area contributed by atoms with Gasteiger partial charge in [0.15, 0.2) is 0 Å². The summed E-state index contributed by atoms with van der Waals surface area (Å²) in [6.07, 6.45) is 2.36. The number of hydrogen-bond acceptors (Lipinski definition) is 2. The van der Waals surface area contributed by atoms with Crippen molar-refractivity contribution < 1.29 is 0 Å². The molecule has 77 valence electrons. The van der Waals surface area contributed by atoms with Gasteiger partial charge in [0.25, 0.3) is 0 Å². The number of rotatable bonds is 1. The Morgan fingerprint density at radius 3 is 2.73 bits per heavy atom. The van der Waals surface area contributed by atoms with E-state index in [1.54, 1.807) is 0 Å². The highest BCUT2D eigenvalue weighted by Crippen LogP contribution is 2.32. The molecule has 0 atom stereocenters. The van der Waals surface area contributed by atoms with Crippen molar-refractivity contribution in [3.05, 3.63) is 29.3 Å². The van der Waals surface area contributed by atoms with Gasteiger partial charge >= 0.3 is 0 Å². The average molecular weight is 217 g/mol. The lowest BCUT2D eigenvalue weighted by atomic mass is 9.99. The van der Waals surface area contributed by atoms with Gasteiger partial charge in [0.1, 0.15) is 0 Å². The maximum absolute atomic E-state index is 4.71. The third-order valence-corrected chi connectivity index (χ3v) is 4.13. The molecule has 1 aromatic heterocycles. The molecule has 1 saturated heterocycles. The third-order valence-electron chi connectivity index (χ3n) is 2.93. The molecule has 2 heterocycles. The quantitative estimate of drug-likeness (QED) is 0.721. The lowest BCUT2D eigenvalue weighted by Gasteiger charge is -2.18. The Bertz CT molecular complexity index is 424. The Labute approximate surface area is 93.3 Å². The SMILES string of the molecule is c1ccc2sc(C3CC[N]CC3)nc2c1. The van der Waals surface area contributed by atoms with Crippen LogP contribution in [0.1, 0.15) is 23.8 Å².